The molecule has 2 aliphatic rings. The maximum Gasteiger partial charge on any atom is 0.251 e. The molecular weight excluding hydrogens is 340 g/mol. The van der Waals surface area contributed by atoms with E-state index in [1.54, 1.807) is 32.0 Å². The quantitative estimate of drug-likeness (QED) is 0.889. The lowest BCUT2D eigenvalue weighted by Gasteiger charge is -2.18. The number of sulfonamides is 1. The second-order valence-electron chi connectivity index (χ2n) is 7.62. The molecule has 1 aliphatic heterocycles. The van der Waals surface area contributed by atoms with Crippen molar-refractivity contribution in [2.45, 2.75) is 39.5 Å². The monoisotopic (exact) mass is 364 g/mol. The normalized spacial score (nSPS) is 22.3. The summed E-state index contributed by atoms with van der Waals surface area (Å²) in [5.74, 6) is -0.404. The third-order valence-corrected chi connectivity index (χ3v) is 6.97. The highest BCUT2D eigenvalue weighted by Crippen LogP contribution is 2.35. The van der Waals surface area contributed by atoms with Crippen LogP contribution in [0.2, 0.25) is 0 Å². The molecule has 1 aliphatic carbocycles. The van der Waals surface area contributed by atoms with Crippen molar-refractivity contribution in [1.29, 1.82) is 0 Å². The summed E-state index contributed by atoms with van der Waals surface area (Å²) >= 11 is 0. The Bertz CT molecular complexity index is 795. The molecule has 25 heavy (non-hydrogen) atoms. The fourth-order valence-corrected chi connectivity index (χ4v) is 5.69. The maximum absolute atomic E-state index is 12.5. The average molecular weight is 364 g/mol. The van der Waals surface area contributed by atoms with E-state index < -0.39 is 21.3 Å². The first-order valence-corrected chi connectivity index (χ1v) is 10.3. The van der Waals surface area contributed by atoms with Crippen LogP contribution in [0.25, 0.3) is 0 Å². The molecule has 6 nitrogen and oxygen atoms in total. The predicted molar refractivity (Wildman–Crippen MR) is 95.8 cm³/mol. The molecule has 2 fully saturated rings. The van der Waals surface area contributed by atoms with Crippen LogP contribution in [0.1, 0.15) is 49.9 Å². The lowest BCUT2D eigenvalue weighted by molar-refractivity contribution is -0.123. The molecule has 1 aromatic rings. The van der Waals surface area contributed by atoms with Gasteiger partial charge in [-0.1, -0.05) is 18.9 Å². The Balaban J connectivity index is 1.79. The minimum absolute atomic E-state index is 0.225. The number of carbonyl (C=O) groups excluding carboxylic acids is 2. The highest BCUT2D eigenvalue weighted by atomic mass is 32.2. The van der Waals surface area contributed by atoms with Gasteiger partial charge in [0.15, 0.2) is 0 Å². The van der Waals surface area contributed by atoms with E-state index in [-0.39, 0.29) is 17.3 Å². The summed E-state index contributed by atoms with van der Waals surface area (Å²) in [5.41, 5.74) is -0.369. The van der Waals surface area contributed by atoms with Crippen LogP contribution in [0.15, 0.2) is 24.3 Å². The van der Waals surface area contributed by atoms with E-state index in [0.29, 0.717) is 18.0 Å². The number of amides is 2. The van der Waals surface area contributed by atoms with Gasteiger partial charge in [0.25, 0.3) is 5.91 Å². The van der Waals surface area contributed by atoms with E-state index >= 15 is 0 Å². The van der Waals surface area contributed by atoms with Gasteiger partial charge in [-0.2, -0.15) is 0 Å². The van der Waals surface area contributed by atoms with Gasteiger partial charge in [-0.25, -0.2) is 12.7 Å². The van der Waals surface area contributed by atoms with Gasteiger partial charge in [0.1, 0.15) is 0 Å². The van der Waals surface area contributed by atoms with E-state index in [9.17, 15) is 18.0 Å². The topological polar surface area (TPSA) is 83.6 Å². The molecular formula is C18H24N2O4S. The van der Waals surface area contributed by atoms with Crippen LogP contribution in [-0.2, 0) is 14.8 Å². The molecule has 0 atom stereocenters. The number of anilines is 1. The van der Waals surface area contributed by atoms with Gasteiger partial charge in [0.05, 0.1) is 16.9 Å². The molecule has 1 heterocycles. The number of nitrogens with zero attached hydrogens (tertiary/aromatic N) is 1. The van der Waals surface area contributed by atoms with Crippen LogP contribution in [0.3, 0.4) is 0 Å². The van der Waals surface area contributed by atoms with Crippen LogP contribution >= 0.6 is 0 Å². The van der Waals surface area contributed by atoms with E-state index in [2.05, 4.69) is 5.32 Å². The van der Waals surface area contributed by atoms with Crippen molar-refractivity contribution in [3.8, 4) is 0 Å². The Morgan fingerprint density at radius 2 is 1.96 bits per heavy atom. The van der Waals surface area contributed by atoms with E-state index in [1.165, 1.54) is 18.9 Å². The molecule has 0 aromatic heterocycles. The molecule has 1 saturated carbocycles. The van der Waals surface area contributed by atoms with Gasteiger partial charge in [0, 0.05) is 12.1 Å². The highest BCUT2D eigenvalue weighted by molar-refractivity contribution is 7.94. The second-order valence-corrected chi connectivity index (χ2v) is 9.44. The van der Waals surface area contributed by atoms with Crippen molar-refractivity contribution < 1.29 is 18.0 Å². The molecule has 2 amide bonds. The Hall–Kier alpha value is -1.89. The SMILES string of the molecule is CC1(C)CS(=O)(=O)N(c2cccc(C(=O)NCC3CCCC3)c2)C1=O. The molecule has 0 radical (unpaired) electrons. The predicted octanol–water partition coefficient (Wildman–Crippen LogP) is 2.31. The van der Waals surface area contributed by atoms with Crippen LogP contribution in [-0.4, -0.2) is 32.5 Å². The lowest BCUT2D eigenvalue weighted by Crippen LogP contribution is -2.33. The van der Waals surface area contributed by atoms with Crippen LogP contribution < -0.4 is 9.62 Å². The fraction of sp³-hybridized carbons (Fsp3) is 0.556. The van der Waals surface area contributed by atoms with Crippen LogP contribution in [0.5, 0.6) is 0 Å². The molecule has 0 bridgehead atoms. The lowest BCUT2D eigenvalue weighted by atomic mass is 9.95. The zero-order chi connectivity index (χ0) is 18.2. The number of benzene rings is 1. The summed E-state index contributed by atoms with van der Waals surface area (Å²) in [5, 5.41) is 2.92. The minimum atomic E-state index is -3.71. The van der Waals surface area contributed by atoms with Gasteiger partial charge in [0.2, 0.25) is 15.9 Å². The number of nitrogens with one attached hydrogen (secondary N) is 1. The first-order valence-electron chi connectivity index (χ1n) is 8.66. The molecule has 0 unspecified atom stereocenters. The Labute approximate surface area is 148 Å². The number of hydrogen-bond donors (Lipinski definition) is 1. The van der Waals surface area contributed by atoms with E-state index in [4.69, 9.17) is 0 Å². The summed E-state index contributed by atoms with van der Waals surface area (Å²) in [7, 11) is -3.71. The van der Waals surface area contributed by atoms with Gasteiger partial charge < -0.3 is 5.32 Å². The molecule has 3 rings (SSSR count). The second kappa shape index (κ2) is 6.44. The number of rotatable bonds is 4. The van der Waals surface area contributed by atoms with Crippen molar-refractivity contribution in [3.63, 3.8) is 0 Å². The van der Waals surface area contributed by atoms with Crippen molar-refractivity contribution in [2.24, 2.45) is 11.3 Å². The molecule has 7 heteroatoms. The van der Waals surface area contributed by atoms with Crippen LogP contribution in [0.4, 0.5) is 5.69 Å². The molecule has 1 N–H and O–H groups in total. The molecule has 136 valence electrons. The van der Waals surface area contributed by atoms with Gasteiger partial charge >= 0.3 is 0 Å². The minimum Gasteiger partial charge on any atom is -0.352 e. The van der Waals surface area contributed by atoms with Crippen molar-refractivity contribution in [3.05, 3.63) is 29.8 Å². The fourth-order valence-electron chi connectivity index (χ4n) is 3.59. The summed E-state index contributed by atoms with van der Waals surface area (Å²) in [6.07, 6.45) is 4.69. The van der Waals surface area contributed by atoms with Crippen molar-refractivity contribution >= 4 is 27.5 Å². The Morgan fingerprint density at radius 1 is 1.28 bits per heavy atom. The first-order chi connectivity index (χ1) is 11.7. The van der Waals surface area contributed by atoms with Gasteiger partial charge in [-0.05, 0) is 50.8 Å². The number of carbonyl (C=O) groups is 2. The number of hydrogen-bond acceptors (Lipinski definition) is 4. The summed E-state index contributed by atoms with van der Waals surface area (Å²) < 4.78 is 25.6. The molecule has 1 aromatic carbocycles. The van der Waals surface area contributed by atoms with Crippen molar-refractivity contribution in [1.82, 2.24) is 5.32 Å². The van der Waals surface area contributed by atoms with Crippen molar-refractivity contribution in [2.75, 3.05) is 16.6 Å². The highest BCUT2D eigenvalue weighted by Gasteiger charge is 2.49. The maximum atomic E-state index is 12.5. The first kappa shape index (κ1) is 17.9. The smallest absolute Gasteiger partial charge is 0.251 e. The Kier molecular flexibility index (Phi) is 4.62. The summed E-state index contributed by atoms with van der Waals surface area (Å²) in [6, 6.07) is 6.26. The largest absolute Gasteiger partial charge is 0.352 e. The molecule has 1 saturated heterocycles. The third kappa shape index (κ3) is 3.56. The van der Waals surface area contributed by atoms with Gasteiger partial charge in [-0.3, -0.25) is 9.59 Å². The Morgan fingerprint density at radius 3 is 2.56 bits per heavy atom. The zero-order valence-electron chi connectivity index (χ0n) is 14.6. The van der Waals surface area contributed by atoms with Gasteiger partial charge in [-0.15, -0.1) is 0 Å². The van der Waals surface area contributed by atoms with E-state index in [0.717, 1.165) is 17.1 Å². The summed E-state index contributed by atoms with van der Waals surface area (Å²) in [6.45, 7) is 3.87. The molecule has 0 spiro atoms. The third-order valence-electron chi connectivity index (χ3n) is 4.95. The van der Waals surface area contributed by atoms with Crippen LogP contribution in [0, 0.1) is 11.3 Å². The zero-order valence-corrected chi connectivity index (χ0v) is 15.4. The summed E-state index contributed by atoms with van der Waals surface area (Å²) in [4.78, 5) is 24.8. The standard InChI is InChI=1S/C18H24N2O4S/c1-18(2)12-25(23,24)20(17(18)22)15-9-5-8-14(10-15)16(21)19-11-13-6-3-4-7-13/h5,8-10,13H,3-4,6-7,11-12H2,1-2H3,(H,19,21). The average Bonchev–Trinajstić information content (AvgIpc) is 3.10. The van der Waals surface area contributed by atoms with E-state index in [1.807, 2.05) is 0 Å².